The molecule has 0 atom stereocenters. The molecule has 0 saturated heterocycles. The van der Waals surface area contributed by atoms with Crippen LogP contribution >= 0.6 is 11.3 Å². The van der Waals surface area contributed by atoms with E-state index in [2.05, 4.69) is 97.5 Å². The molecule has 1 aliphatic carbocycles. The minimum atomic E-state index is 0.173. The van der Waals surface area contributed by atoms with E-state index in [1.807, 2.05) is 198 Å². The number of thiophene rings is 1. The first kappa shape index (κ1) is 89.2. The van der Waals surface area contributed by atoms with E-state index < -0.39 is 0 Å². The Labute approximate surface area is 765 Å². The molecular weight excluding hydrogens is 1710 g/mol. The Morgan fingerprint density at radius 2 is 0.699 bits per heavy atom. The van der Waals surface area contributed by atoms with Gasteiger partial charge in [0.2, 0.25) is 53.0 Å². The van der Waals surface area contributed by atoms with Crippen LogP contribution in [0.25, 0.3) is 85.3 Å². The summed E-state index contributed by atoms with van der Waals surface area (Å²) in [6.45, 7) is 15.0. The lowest BCUT2D eigenvalue weighted by atomic mass is 10.1. The fourth-order valence-corrected chi connectivity index (χ4v) is 15.4. The normalized spacial score (nSPS) is 11.9. The van der Waals surface area contributed by atoms with Crippen molar-refractivity contribution in [3.8, 4) is 57.0 Å². The lowest BCUT2D eigenvalue weighted by Gasteiger charge is -2.06. The highest BCUT2D eigenvalue weighted by atomic mass is 32.1. The molecule has 0 radical (unpaired) electrons. The van der Waals surface area contributed by atoms with Gasteiger partial charge >= 0.3 is 0 Å². The molecule has 1 aliphatic rings. The van der Waals surface area contributed by atoms with Crippen molar-refractivity contribution in [1.82, 2.24) is 128 Å². The van der Waals surface area contributed by atoms with Gasteiger partial charge in [-0.25, -0.2) is 0 Å². The van der Waals surface area contributed by atoms with Crippen molar-refractivity contribution < 1.29 is 31.9 Å². The summed E-state index contributed by atoms with van der Waals surface area (Å²) in [6, 6.07) is 48.9. The number of pyridine rings is 5. The SMILES string of the molecule is CCc1cccc(Cc2cnn3c(-c4cccs4)nc(N)nc23)n1.COCCCc1cccc(Cc2cnn3c(-c4ccc(C)o4)nc(N)nc23)n1.COCCNCc1cccc(Cc2cnn3c(-c4ccc(C)o4)nc(N)nc23)n1.Cc1ccc(-c2nc(N)nc3c(Cc4cccc(COC5CC5)n4)cnn23)o1.Cc1cccc(Cc2cnn3c(-c4ccc(C)o4)nc(N)nc23)n1. The van der Waals surface area contributed by atoms with Crippen LogP contribution in [-0.4, -0.2) is 163 Å². The van der Waals surface area contributed by atoms with Gasteiger partial charge in [-0.3, -0.25) is 24.9 Å². The second-order valence-corrected chi connectivity index (χ2v) is 32.4. The molecule has 20 heterocycles. The van der Waals surface area contributed by atoms with E-state index in [4.69, 9.17) is 75.5 Å². The van der Waals surface area contributed by atoms with Crippen LogP contribution in [0.5, 0.6) is 0 Å². The van der Waals surface area contributed by atoms with Crippen molar-refractivity contribution in [2.75, 3.05) is 62.6 Å². The van der Waals surface area contributed by atoms with E-state index in [-0.39, 0.29) is 29.7 Å². The quantitative estimate of drug-likeness (QED) is 0.0248. The lowest BCUT2D eigenvalue weighted by molar-refractivity contribution is 0.103. The Kier molecular flexibility index (Phi) is 27.4. The fourth-order valence-electron chi connectivity index (χ4n) is 14.7. The van der Waals surface area contributed by atoms with Crippen LogP contribution in [0, 0.1) is 34.6 Å². The number of hydrogen-bond donors (Lipinski definition) is 6. The maximum atomic E-state index is 5.95. The predicted molar refractivity (Wildman–Crippen MR) is 500 cm³/mol. The topological polar surface area (TPSA) is 502 Å². The molecule has 133 heavy (non-hydrogen) atoms. The summed E-state index contributed by atoms with van der Waals surface area (Å²) in [5.41, 5.74) is 47.5. The van der Waals surface area contributed by atoms with Crippen molar-refractivity contribution in [3.05, 3.63) is 296 Å². The Hall–Kier alpha value is -15.8. The number of hydrogen-bond acceptors (Lipinski definition) is 34. The number of nitrogen functional groups attached to an aromatic ring is 5. The molecule has 0 bridgehead atoms. The van der Waals surface area contributed by atoms with Crippen molar-refractivity contribution in [3.63, 3.8) is 0 Å². The van der Waals surface area contributed by atoms with Gasteiger partial charge in [0.05, 0.1) is 66.6 Å². The van der Waals surface area contributed by atoms with E-state index in [0.29, 0.717) is 133 Å². The average Bonchev–Trinajstić information content (AvgIpc) is 1.66. The molecule has 0 amide bonds. The molecule has 38 nitrogen and oxygen atoms in total. The van der Waals surface area contributed by atoms with Gasteiger partial charge in [0, 0.05) is 139 Å². The number of methoxy groups -OCH3 is 2. The minimum Gasteiger partial charge on any atom is -0.458 e. The summed E-state index contributed by atoms with van der Waals surface area (Å²) < 4.78 is 47.0. The standard InChI is InChI=1S/C20H23N7O2.C20H20N6O2.C20H22N6O2.C17H16N6O.C17H16N6S/c1-13-6-7-17(29-13)19-26-20(21)25-18-14(11-23-27(18)19)10-15-4-3-5-16(24-15)12-22-8-9-28-2;1-12-5-8-17(28-12)19-25-20(21)24-18-13(10-22-26(18)19)9-14-3-2-4-15(23-14)11-27-16-6-7-16;1-13-8-9-17(28-13)19-25-20(21)24-18-14(12-22-26(18)19)11-16-6-3-5-15(23-16)7-4-10-27-2;1-10-4-3-5-13(20-10)8-12-9-19-23-15(12)21-17(18)22-16(23)14-7-6-11(2)24-14;1-2-12-5-3-6-13(20-12)9-11-10-19-23-15(11)21-17(18)22-16(23)14-7-4-8-24-14/h3-7,11,22H,8-10,12H2,1-2H3,(H2,21,25);2-5,8,10,16H,6-7,9,11H2,1H3,(H2,21,24);3,5-6,8-9,12H,4,7,10-11H2,1-2H3,(H2,21,24);3-7,9H,8H2,1-2H3,(H2,18,21);3-8,10H,2,9H2,1H3,(H2,18,21). The van der Waals surface area contributed by atoms with Gasteiger partial charge in [0.15, 0.2) is 57.1 Å². The number of nitrogens with zero attached hydrogens (tertiary/aromatic N) is 25. The number of rotatable bonds is 28. The highest BCUT2D eigenvalue weighted by molar-refractivity contribution is 7.13. The van der Waals surface area contributed by atoms with E-state index >= 15 is 0 Å². The number of nitrogens with two attached hydrogens (primary N) is 5. The Balaban J connectivity index is 0.000000116. The molecule has 0 aromatic carbocycles. The second kappa shape index (κ2) is 40.9. The predicted octanol–water partition coefficient (Wildman–Crippen LogP) is 13.3. The molecule has 39 heteroatoms. The van der Waals surface area contributed by atoms with Crippen LogP contribution in [0.3, 0.4) is 0 Å². The monoisotopic (exact) mass is 1800 g/mol. The zero-order chi connectivity index (χ0) is 92.0. The maximum Gasteiger partial charge on any atom is 0.224 e. The average molecular weight is 1810 g/mol. The zero-order valence-electron chi connectivity index (χ0n) is 74.4. The lowest BCUT2D eigenvalue weighted by Crippen LogP contribution is -2.19. The van der Waals surface area contributed by atoms with Crippen LogP contribution in [0.2, 0.25) is 0 Å². The molecule has 1 fully saturated rings. The van der Waals surface area contributed by atoms with Gasteiger partial charge < -0.3 is 65.9 Å². The summed E-state index contributed by atoms with van der Waals surface area (Å²) in [6.07, 6.45) is 17.4. The van der Waals surface area contributed by atoms with E-state index in [1.165, 1.54) is 0 Å². The van der Waals surface area contributed by atoms with Crippen molar-refractivity contribution in [2.24, 2.45) is 0 Å². The molecular formula is C94H97N31O7S. The molecule has 0 aliphatic heterocycles. The highest BCUT2D eigenvalue weighted by Crippen LogP contribution is 2.32. The number of ether oxygens (including phenoxy) is 3. The van der Waals surface area contributed by atoms with Crippen molar-refractivity contribution >= 4 is 69.3 Å². The number of fused-ring (bicyclic) bond motifs is 5. The number of nitrogens with one attached hydrogen (secondary N) is 1. The number of furan rings is 4. The largest absolute Gasteiger partial charge is 0.458 e. The molecule has 20 aromatic rings. The summed E-state index contributed by atoms with van der Waals surface area (Å²) >= 11 is 1.60. The third-order valence-electron chi connectivity index (χ3n) is 21.1. The van der Waals surface area contributed by atoms with E-state index in [1.54, 1.807) is 72.9 Å². The fraction of sp³-hybridized carbons (Fsp3) is 0.255. The maximum absolute atomic E-state index is 5.95. The van der Waals surface area contributed by atoms with Crippen LogP contribution in [0.4, 0.5) is 29.7 Å². The number of anilines is 5. The van der Waals surface area contributed by atoms with E-state index in [9.17, 15) is 0 Å². The first-order chi connectivity index (χ1) is 64.8. The van der Waals surface area contributed by atoms with Gasteiger partial charge in [0.1, 0.15) is 23.0 Å². The molecule has 676 valence electrons. The van der Waals surface area contributed by atoms with Crippen LogP contribution in [0.15, 0.2) is 206 Å². The van der Waals surface area contributed by atoms with E-state index in [0.717, 1.165) is 164 Å². The zero-order valence-corrected chi connectivity index (χ0v) is 75.2. The van der Waals surface area contributed by atoms with Gasteiger partial charge in [-0.1, -0.05) is 43.3 Å². The van der Waals surface area contributed by atoms with Gasteiger partial charge in [-0.2, -0.15) is 97.9 Å². The molecule has 0 unspecified atom stereocenters. The summed E-state index contributed by atoms with van der Waals surface area (Å²) in [5.74, 6) is 9.39. The molecule has 0 spiro atoms. The number of aromatic nitrogens is 25. The molecule has 21 rings (SSSR count). The molecule has 20 aromatic heterocycles. The van der Waals surface area contributed by atoms with Crippen molar-refractivity contribution in [1.29, 1.82) is 0 Å². The van der Waals surface area contributed by atoms with Crippen LogP contribution in [0.1, 0.15) is 134 Å². The minimum absolute atomic E-state index is 0.173. The molecule has 1 saturated carbocycles. The molecule has 11 N–H and O–H groups in total. The number of aryl methyl sites for hydroxylation is 7. The summed E-state index contributed by atoms with van der Waals surface area (Å²) in [4.78, 5) is 67.8. The Morgan fingerprint density at radius 3 is 1.06 bits per heavy atom. The van der Waals surface area contributed by atoms with Gasteiger partial charge in [-0.05, 0) is 187 Å². The third kappa shape index (κ3) is 21.9. The van der Waals surface area contributed by atoms with Crippen molar-refractivity contribution in [2.45, 2.75) is 125 Å². The summed E-state index contributed by atoms with van der Waals surface area (Å²) in [7, 11) is 3.40. The van der Waals surface area contributed by atoms with Gasteiger partial charge in [0.25, 0.3) is 0 Å². The third-order valence-corrected chi connectivity index (χ3v) is 21.9. The van der Waals surface area contributed by atoms with Crippen LogP contribution < -0.4 is 34.0 Å². The van der Waals surface area contributed by atoms with Gasteiger partial charge in [-0.15, -0.1) is 11.3 Å². The first-order valence-corrected chi connectivity index (χ1v) is 44.0. The summed E-state index contributed by atoms with van der Waals surface area (Å²) in [5, 5.41) is 27.6. The highest BCUT2D eigenvalue weighted by Gasteiger charge is 2.25. The first-order valence-electron chi connectivity index (χ1n) is 43.1. The second-order valence-electron chi connectivity index (χ2n) is 31.4. The smallest absolute Gasteiger partial charge is 0.224 e. The Morgan fingerprint density at radius 1 is 0.361 bits per heavy atom. The van der Waals surface area contributed by atoms with Crippen LogP contribution in [-0.2, 0) is 72.3 Å². The Bertz CT molecular complexity index is 7400.